The molecule has 0 aromatic rings. The Hall–Kier alpha value is -1.30. The Kier molecular flexibility index (Phi) is 3.99. The van der Waals surface area contributed by atoms with E-state index in [1.54, 1.807) is 23.9 Å². The third kappa shape index (κ3) is 3.00. The molecule has 108 valence electrons. The maximum absolute atomic E-state index is 11.7. The van der Waals surface area contributed by atoms with Crippen LogP contribution in [0, 0.1) is 0 Å². The van der Waals surface area contributed by atoms with Gasteiger partial charge in [0.05, 0.1) is 13.1 Å². The number of carbonyl (C=O) groups excluding carboxylic acids is 2. The number of ether oxygens (including phenoxy) is 1. The van der Waals surface area contributed by atoms with E-state index in [2.05, 4.69) is 4.90 Å². The minimum absolute atomic E-state index is 0.120. The van der Waals surface area contributed by atoms with Crippen molar-refractivity contribution in [1.82, 2.24) is 14.7 Å². The molecular weight excluding hydrogens is 246 g/mol. The average molecular weight is 269 g/mol. The minimum Gasteiger partial charge on any atom is -0.441 e. The predicted molar refractivity (Wildman–Crippen MR) is 70.8 cm³/mol. The Morgan fingerprint density at radius 3 is 2.47 bits per heavy atom. The maximum atomic E-state index is 11.7. The summed E-state index contributed by atoms with van der Waals surface area (Å²) in [6.07, 6.45) is 1.44. The molecule has 0 aliphatic carbocycles. The van der Waals surface area contributed by atoms with Gasteiger partial charge in [-0.1, -0.05) is 0 Å². The van der Waals surface area contributed by atoms with Crippen molar-refractivity contribution < 1.29 is 14.3 Å². The first-order chi connectivity index (χ1) is 8.96. The van der Waals surface area contributed by atoms with Gasteiger partial charge in [0.2, 0.25) is 5.91 Å². The molecule has 2 saturated heterocycles. The summed E-state index contributed by atoms with van der Waals surface area (Å²) in [4.78, 5) is 28.8. The highest BCUT2D eigenvalue weighted by atomic mass is 16.6. The maximum Gasteiger partial charge on any atom is 0.410 e. The molecule has 2 fully saturated rings. The Labute approximate surface area is 114 Å². The van der Waals surface area contributed by atoms with Crippen molar-refractivity contribution in [2.45, 2.75) is 25.4 Å². The lowest BCUT2D eigenvalue weighted by Gasteiger charge is -2.37. The number of likely N-dealkylation sites (N-methyl/N-ethyl adjacent to an activating group) is 2. The molecule has 0 aromatic heterocycles. The lowest BCUT2D eigenvalue weighted by atomic mass is 9.91. The molecule has 2 aliphatic heterocycles. The van der Waals surface area contributed by atoms with E-state index in [0.717, 1.165) is 25.9 Å². The predicted octanol–water partition coefficient (Wildman–Crippen LogP) is 0.381. The van der Waals surface area contributed by atoms with Gasteiger partial charge in [-0.2, -0.15) is 0 Å². The Morgan fingerprint density at radius 1 is 1.37 bits per heavy atom. The molecule has 19 heavy (non-hydrogen) atoms. The van der Waals surface area contributed by atoms with E-state index in [1.807, 2.05) is 6.92 Å². The normalized spacial score (nSPS) is 22.7. The van der Waals surface area contributed by atoms with Gasteiger partial charge in [0.25, 0.3) is 0 Å². The second-order valence-corrected chi connectivity index (χ2v) is 5.63. The summed E-state index contributed by atoms with van der Waals surface area (Å²) >= 11 is 0. The lowest BCUT2D eigenvalue weighted by Crippen LogP contribution is -2.49. The largest absolute Gasteiger partial charge is 0.441 e. The quantitative estimate of drug-likeness (QED) is 0.743. The monoisotopic (exact) mass is 269 g/mol. The van der Waals surface area contributed by atoms with Crippen LogP contribution >= 0.6 is 0 Å². The summed E-state index contributed by atoms with van der Waals surface area (Å²) in [6.45, 7) is 5.43. The number of carbonyl (C=O) groups is 2. The van der Waals surface area contributed by atoms with Crippen LogP contribution < -0.4 is 0 Å². The SMILES string of the molecule is CCN1CC2(CCN(CC(=O)N(C)C)CC2)OC1=O. The molecular formula is C13H23N3O3. The Bertz CT molecular complexity index is 362. The van der Waals surface area contributed by atoms with Crippen LogP contribution in [0.2, 0.25) is 0 Å². The second-order valence-electron chi connectivity index (χ2n) is 5.63. The van der Waals surface area contributed by atoms with Crippen LogP contribution in [0.5, 0.6) is 0 Å². The summed E-state index contributed by atoms with van der Waals surface area (Å²) in [7, 11) is 3.54. The van der Waals surface area contributed by atoms with Crippen LogP contribution in [-0.4, -0.2) is 79.1 Å². The van der Waals surface area contributed by atoms with Crippen LogP contribution in [0.1, 0.15) is 19.8 Å². The van der Waals surface area contributed by atoms with Crippen molar-refractivity contribution in [3.8, 4) is 0 Å². The first-order valence-corrected chi connectivity index (χ1v) is 6.86. The third-order valence-corrected chi connectivity index (χ3v) is 4.05. The van der Waals surface area contributed by atoms with Gasteiger partial charge in [0.1, 0.15) is 5.60 Å². The second kappa shape index (κ2) is 5.36. The summed E-state index contributed by atoms with van der Waals surface area (Å²) in [5.74, 6) is 0.120. The van der Waals surface area contributed by atoms with Gasteiger partial charge >= 0.3 is 6.09 Å². The molecule has 2 rings (SSSR count). The fourth-order valence-corrected chi connectivity index (χ4v) is 2.65. The van der Waals surface area contributed by atoms with Gasteiger partial charge in [0, 0.05) is 46.6 Å². The molecule has 0 bridgehead atoms. The summed E-state index contributed by atoms with van der Waals surface area (Å²) in [5, 5.41) is 0. The van der Waals surface area contributed by atoms with Crippen LogP contribution in [0.4, 0.5) is 4.79 Å². The Morgan fingerprint density at radius 2 is 2.00 bits per heavy atom. The molecule has 2 amide bonds. The lowest BCUT2D eigenvalue weighted by molar-refractivity contribution is -0.130. The molecule has 2 aliphatic rings. The van der Waals surface area contributed by atoms with Gasteiger partial charge in [-0.05, 0) is 6.92 Å². The van der Waals surface area contributed by atoms with Gasteiger partial charge in [-0.3, -0.25) is 9.69 Å². The minimum atomic E-state index is -0.315. The first kappa shape index (κ1) is 14.1. The number of rotatable bonds is 3. The van der Waals surface area contributed by atoms with E-state index in [4.69, 9.17) is 4.74 Å². The summed E-state index contributed by atoms with van der Waals surface area (Å²) in [6, 6.07) is 0. The number of nitrogens with zero attached hydrogens (tertiary/aromatic N) is 3. The summed E-state index contributed by atoms with van der Waals surface area (Å²) in [5.41, 5.74) is -0.315. The molecule has 0 radical (unpaired) electrons. The zero-order valence-corrected chi connectivity index (χ0v) is 12.0. The average Bonchev–Trinajstić information content (AvgIpc) is 2.68. The molecule has 0 saturated carbocycles. The van der Waals surface area contributed by atoms with Crippen LogP contribution in [0.15, 0.2) is 0 Å². The van der Waals surface area contributed by atoms with Crippen molar-refractivity contribution in [1.29, 1.82) is 0 Å². The highest BCUT2D eigenvalue weighted by molar-refractivity contribution is 5.77. The highest BCUT2D eigenvalue weighted by Crippen LogP contribution is 2.32. The van der Waals surface area contributed by atoms with Crippen LogP contribution in [0.3, 0.4) is 0 Å². The van der Waals surface area contributed by atoms with Gasteiger partial charge < -0.3 is 14.5 Å². The Balaban J connectivity index is 1.86. The van der Waals surface area contributed by atoms with E-state index < -0.39 is 0 Å². The zero-order valence-electron chi connectivity index (χ0n) is 12.0. The fourth-order valence-electron chi connectivity index (χ4n) is 2.65. The van der Waals surface area contributed by atoms with Crippen LogP contribution in [0.25, 0.3) is 0 Å². The van der Waals surface area contributed by atoms with E-state index in [1.165, 1.54) is 0 Å². The molecule has 6 nitrogen and oxygen atoms in total. The van der Waals surface area contributed by atoms with Gasteiger partial charge in [-0.25, -0.2) is 4.79 Å². The van der Waals surface area contributed by atoms with Gasteiger partial charge in [-0.15, -0.1) is 0 Å². The van der Waals surface area contributed by atoms with E-state index in [9.17, 15) is 9.59 Å². The van der Waals surface area contributed by atoms with Crippen molar-refractivity contribution in [2.75, 3.05) is 46.8 Å². The fraction of sp³-hybridized carbons (Fsp3) is 0.846. The number of amides is 2. The van der Waals surface area contributed by atoms with E-state index >= 15 is 0 Å². The molecule has 1 spiro atoms. The topological polar surface area (TPSA) is 53.1 Å². The van der Waals surface area contributed by atoms with Crippen molar-refractivity contribution in [3.05, 3.63) is 0 Å². The van der Waals surface area contributed by atoms with E-state index in [0.29, 0.717) is 19.6 Å². The van der Waals surface area contributed by atoms with E-state index in [-0.39, 0.29) is 17.6 Å². The van der Waals surface area contributed by atoms with Crippen molar-refractivity contribution in [3.63, 3.8) is 0 Å². The number of likely N-dealkylation sites (tertiary alicyclic amines) is 1. The molecule has 0 unspecified atom stereocenters. The molecule has 0 aromatic carbocycles. The van der Waals surface area contributed by atoms with Gasteiger partial charge in [0.15, 0.2) is 0 Å². The number of hydrogen-bond donors (Lipinski definition) is 0. The molecule has 0 atom stereocenters. The summed E-state index contributed by atoms with van der Waals surface area (Å²) < 4.78 is 5.56. The molecule has 6 heteroatoms. The van der Waals surface area contributed by atoms with Crippen molar-refractivity contribution >= 4 is 12.0 Å². The van der Waals surface area contributed by atoms with Crippen molar-refractivity contribution in [2.24, 2.45) is 0 Å². The molecule has 0 N–H and O–H groups in total. The smallest absolute Gasteiger partial charge is 0.410 e. The van der Waals surface area contributed by atoms with Crippen LogP contribution in [-0.2, 0) is 9.53 Å². The third-order valence-electron chi connectivity index (χ3n) is 4.05. The standard InChI is InChI=1S/C13H23N3O3/c1-4-16-10-13(19-12(16)18)5-7-15(8-6-13)9-11(17)14(2)3/h4-10H2,1-3H3. The number of piperidine rings is 1. The first-order valence-electron chi connectivity index (χ1n) is 6.86. The highest BCUT2D eigenvalue weighted by Gasteiger charge is 2.46. The number of hydrogen-bond acceptors (Lipinski definition) is 4. The molecule has 2 heterocycles. The zero-order chi connectivity index (χ0) is 14.0.